The van der Waals surface area contributed by atoms with E-state index in [4.69, 9.17) is 5.11 Å². The van der Waals surface area contributed by atoms with Gasteiger partial charge in [0.05, 0.1) is 22.5 Å². The largest absolute Gasteiger partial charge is 0.481 e. The SMILES string of the molecule is O=C(O)[C@H]1CN(S(=O)(=O)c2ccc(C(F)(F)F)cc2)CC[C@@H]1O. The zero-order valence-electron chi connectivity index (χ0n) is 11.7. The Hall–Kier alpha value is -1.65. The molecule has 0 amide bonds. The molecule has 2 N–H and O–H groups in total. The van der Waals surface area contributed by atoms with E-state index in [9.17, 15) is 31.5 Å². The fourth-order valence-electron chi connectivity index (χ4n) is 2.34. The normalized spacial score (nSPS) is 23.7. The molecule has 1 aromatic rings. The minimum Gasteiger partial charge on any atom is -0.481 e. The molecular weight excluding hydrogens is 339 g/mol. The molecule has 0 radical (unpaired) electrons. The highest BCUT2D eigenvalue weighted by Crippen LogP contribution is 2.31. The summed E-state index contributed by atoms with van der Waals surface area (Å²) in [5.41, 5.74) is -0.978. The number of nitrogens with zero attached hydrogens (tertiary/aromatic N) is 1. The van der Waals surface area contributed by atoms with Gasteiger partial charge >= 0.3 is 12.1 Å². The lowest BCUT2D eigenvalue weighted by Gasteiger charge is -2.33. The van der Waals surface area contributed by atoms with Crippen LogP contribution in [0.15, 0.2) is 29.2 Å². The molecule has 2 atom stereocenters. The van der Waals surface area contributed by atoms with Gasteiger partial charge in [-0.1, -0.05) is 0 Å². The highest BCUT2D eigenvalue weighted by Gasteiger charge is 2.38. The first kappa shape index (κ1) is 17.7. The van der Waals surface area contributed by atoms with E-state index < -0.39 is 46.3 Å². The highest BCUT2D eigenvalue weighted by molar-refractivity contribution is 7.89. The number of hydrogen-bond donors (Lipinski definition) is 2. The zero-order chi connectivity index (χ0) is 17.4. The van der Waals surface area contributed by atoms with Gasteiger partial charge in [0.2, 0.25) is 10.0 Å². The molecule has 0 aromatic heterocycles. The van der Waals surface area contributed by atoms with Crippen LogP contribution in [0.1, 0.15) is 12.0 Å². The van der Waals surface area contributed by atoms with E-state index in [0.717, 1.165) is 16.4 Å². The Bertz CT molecular complexity index is 687. The van der Waals surface area contributed by atoms with Gasteiger partial charge in [0, 0.05) is 13.1 Å². The van der Waals surface area contributed by atoms with Crippen molar-refractivity contribution in [3.05, 3.63) is 29.8 Å². The fraction of sp³-hybridized carbons (Fsp3) is 0.462. The number of piperidine rings is 1. The summed E-state index contributed by atoms with van der Waals surface area (Å²) in [7, 11) is -4.12. The van der Waals surface area contributed by atoms with E-state index in [2.05, 4.69) is 0 Å². The van der Waals surface area contributed by atoms with Crippen molar-refractivity contribution in [3.63, 3.8) is 0 Å². The molecule has 2 rings (SSSR count). The Morgan fingerprint density at radius 2 is 1.78 bits per heavy atom. The predicted octanol–water partition coefficient (Wildman–Crippen LogP) is 1.16. The van der Waals surface area contributed by atoms with E-state index in [1.165, 1.54) is 0 Å². The Morgan fingerprint density at radius 1 is 1.22 bits per heavy atom. The van der Waals surface area contributed by atoms with Gasteiger partial charge in [0.15, 0.2) is 0 Å². The van der Waals surface area contributed by atoms with E-state index in [1.54, 1.807) is 0 Å². The summed E-state index contributed by atoms with van der Waals surface area (Å²) in [4.78, 5) is 10.7. The van der Waals surface area contributed by atoms with Crippen LogP contribution in [0, 0.1) is 5.92 Å². The van der Waals surface area contributed by atoms with Gasteiger partial charge in [-0.05, 0) is 30.7 Å². The van der Waals surface area contributed by atoms with Crippen molar-refractivity contribution in [2.75, 3.05) is 13.1 Å². The molecule has 6 nitrogen and oxygen atoms in total. The van der Waals surface area contributed by atoms with Gasteiger partial charge in [-0.2, -0.15) is 17.5 Å². The summed E-state index contributed by atoms with van der Waals surface area (Å²) in [6.07, 6.45) is -5.80. The second-order valence-corrected chi connectivity index (χ2v) is 7.12. The fourth-order valence-corrected chi connectivity index (χ4v) is 3.82. The van der Waals surface area contributed by atoms with Gasteiger partial charge in [0.1, 0.15) is 0 Å². The number of aliphatic hydroxyl groups is 1. The number of carboxylic acids is 1. The predicted molar refractivity (Wildman–Crippen MR) is 72.0 cm³/mol. The third-order valence-electron chi connectivity index (χ3n) is 3.68. The van der Waals surface area contributed by atoms with E-state index in [-0.39, 0.29) is 17.9 Å². The van der Waals surface area contributed by atoms with Crippen LogP contribution in [0.5, 0.6) is 0 Å². The lowest BCUT2D eigenvalue weighted by molar-refractivity contribution is -0.147. The number of carbonyl (C=O) groups is 1. The summed E-state index contributed by atoms with van der Waals surface area (Å²) in [5.74, 6) is -2.60. The average molecular weight is 353 g/mol. The summed E-state index contributed by atoms with van der Waals surface area (Å²) in [5, 5.41) is 18.6. The molecule has 0 aliphatic carbocycles. The van der Waals surface area contributed by atoms with E-state index >= 15 is 0 Å². The molecule has 0 spiro atoms. The smallest absolute Gasteiger partial charge is 0.416 e. The van der Waals surface area contributed by atoms with Crippen molar-refractivity contribution in [2.45, 2.75) is 23.6 Å². The molecule has 1 fully saturated rings. The molecule has 10 heteroatoms. The van der Waals surface area contributed by atoms with Gasteiger partial charge in [-0.25, -0.2) is 8.42 Å². The van der Waals surface area contributed by atoms with Crippen molar-refractivity contribution in [1.29, 1.82) is 0 Å². The second-order valence-electron chi connectivity index (χ2n) is 5.19. The zero-order valence-corrected chi connectivity index (χ0v) is 12.5. The van der Waals surface area contributed by atoms with E-state index in [0.29, 0.717) is 12.1 Å². The molecule has 128 valence electrons. The van der Waals surface area contributed by atoms with E-state index in [1.807, 2.05) is 0 Å². The molecule has 0 unspecified atom stereocenters. The molecule has 0 bridgehead atoms. The number of alkyl halides is 3. The molecule has 1 aromatic carbocycles. The monoisotopic (exact) mass is 353 g/mol. The molecule has 1 aliphatic heterocycles. The molecule has 1 aliphatic rings. The lowest BCUT2D eigenvalue weighted by Crippen LogP contribution is -2.48. The standard InChI is InChI=1S/C13H14F3NO5S/c14-13(15,16)8-1-3-9(4-2-8)23(21,22)17-6-5-11(18)10(7-17)12(19)20/h1-4,10-11,18H,5-7H2,(H,19,20)/t10-,11-/m0/s1. The highest BCUT2D eigenvalue weighted by atomic mass is 32.2. The van der Waals surface area contributed by atoms with Crippen molar-refractivity contribution in [2.24, 2.45) is 5.92 Å². The first-order valence-electron chi connectivity index (χ1n) is 6.62. The van der Waals surface area contributed by atoms with Gasteiger partial charge in [-0.3, -0.25) is 4.79 Å². The average Bonchev–Trinajstić information content (AvgIpc) is 2.46. The molecule has 23 heavy (non-hydrogen) atoms. The number of rotatable bonds is 3. The second kappa shape index (κ2) is 6.10. The molecule has 0 saturated carbocycles. The summed E-state index contributed by atoms with van der Waals surface area (Å²) in [6, 6.07) is 2.97. The summed E-state index contributed by atoms with van der Waals surface area (Å²) < 4.78 is 63.2. The van der Waals surface area contributed by atoms with Gasteiger partial charge < -0.3 is 10.2 Å². The third-order valence-corrected chi connectivity index (χ3v) is 5.56. The quantitative estimate of drug-likeness (QED) is 0.850. The first-order valence-corrected chi connectivity index (χ1v) is 8.06. The maximum atomic E-state index is 12.5. The lowest BCUT2D eigenvalue weighted by atomic mass is 9.96. The minimum absolute atomic E-state index is 0.0587. The number of hydrogen-bond acceptors (Lipinski definition) is 4. The third kappa shape index (κ3) is 3.65. The Labute approximate surface area is 130 Å². The van der Waals surface area contributed by atoms with Crippen LogP contribution in [0.3, 0.4) is 0 Å². The molecule has 1 heterocycles. The van der Waals surface area contributed by atoms with Crippen LogP contribution in [0.25, 0.3) is 0 Å². The first-order chi connectivity index (χ1) is 10.5. The summed E-state index contributed by atoms with van der Waals surface area (Å²) in [6.45, 7) is -0.534. The number of sulfonamides is 1. The van der Waals surface area contributed by atoms with Crippen LogP contribution in [-0.4, -0.2) is 48.1 Å². The van der Waals surface area contributed by atoms with Crippen molar-refractivity contribution < 1.29 is 36.6 Å². The Kier molecular flexibility index (Phi) is 4.69. The van der Waals surface area contributed by atoms with Crippen molar-refractivity contribution in [1.82, 2.24) is 4.31 Å². The Balaban J connectivity index is 2.26. The van der Waals surface area contributed by atoms with Crippen LogP contribution >= 0.6 is 0 Å². The van der Waals surface area contributed by atoms with Gasteiger partial charge in [0.25, 0.3) is 0 Å². The molecular formula is C13H14F3NO5S. The van der Waals surface area contributed by atoms with Crippen LogP contribution in [-0.2, 0) is 21.0 Å². The summed E-state index contributed by atoms with van der Waals surface area (Å²) >= 11 is 0. The topological polar surface area (TPSA) is 94.9 Å². The van der Waals surface area contributed by atoms with Crippen LogP contribution < -0.4 is 0 Å². The van der Waals surface area contributed by atoms with Crippen LogP contribution in [0.4, 0.5) is 13.2 Å². The maximum Gasteiger partial charge on any atom is 0.416 e. The van der Waals surface area contributed by atoms with Crippen molar-refractivity contribution >= 4 is 16.0 Å². The number of aliphatic carboxylic acids is 1. The van der Waals surface area contributed by atoms with Crippen molar-refractivity contribution in [3.8, 4) is 0 Å². The van der Waals surface area contributed by atoms with Gasteiger partial charge in [-0.15, -0.1) is 0 Å². The molecule has 1 saturated heterocycles. The number of aliphatic hydroxyl groups excluding tert-OH is 1. The maximum absolute atomic E-state index is 12.5. The minimum atomic E-state index is -4.58. The number of halogens is 3. The number of carboxylic acid groups (broad SMARTS) is 1. The number of benzene rings is 1. The van der Waals surface area contributed by atoms with Crippen LogP contribution in [0.2, 0.25) is 0 Å². The Morgan fingerprint density at radius 3 is 2.26 bits per heavy atom.